The summed E-state index contributed by atoms with van der Waals surface area (Å²) >= 11 is 0. The van der Waals surface area contributed by atoms with Crippen molar-refractivity contribution in [3.63, 3.8) is 0 Å². The van der Waals surface area contributed by atoms with Gasteiger partial charge >= 0.3 is 6.36 Å². The molecule has 1 saturated heterocycles. The van der Waals surface area contributed by atoms with E-state index in [2.05, 4.69) is 15.4 Å². The molecular formula is C12H14F3N2O. The van der Waals surface area contributed by atoms with Crippen LogP contribution in [0.2, 0.25) is 0 Å². The number of hydrogen-bond acceptors (Lipinski definition) is 2. The summed E-state index contributed by atoms with van der Waals surface area (Å²) in [7, 11) is 0. The maximum Gasteiger partial charge on any atom is 0.573 e. The molecular weight excluding hydrogens is 245 g/mol. The highest BCUT2D eigenvalue weighted by molar-refractivity contribution is 5.29. The number of rotatable bonds is 2. The van der Waals surface area contributed by atoms with E-state index in [4.69, 9.17) is 0 Å². The highest BCUT2D eigenvalue weighted by atomic mass is 19.4. The van der Waals surface area contributed by atoms with Gasteiger partial charge in [-0.05, 0) is 30.7 Å². The standard InChI is InChI=1S/C12H14F3N2O/c13-12(14,15)18-10-4-2-9(3-5-10)11-8-16-6-1-7-17-11/h2-5,11,17H,1,6-8H2. The zero-order valence-corrected chi connectivity index (χ0v) is 9.70. The van der Waals surface area contributed by atoms with Gasteiger partial charge in [0.2, 0.25) is 0 Å². The fraction of sp³-hybridized carbons (Fsp3) is 0.500. The van der Waals surface area contributed by atoms with Crippen LogP contribution in [0.15, 0.2) is 24.3 Å². The van der Waals surface area contributed by atoms with Crippen molar-refractivity contribution in [2.75, 3.05) is 19.6 Å². The second kappa shape index (κ2) is 5.58. The topological polar surface area (TPSA) is 35.4 Å². The van der Waals surface area contributed by atoms with E-state index in [1.807, 2.05) is 0 Å². The fourth-order valence-electron chi connectivity index (χ4n) is 1.88. The number of benzene rings is 1. The minimum atomic E-state index is -4.64. The van der Waals surface area contributed by atoms with Crippen LogP contribution in [0.4, 0.5) is 13.2 Å². The summed E-state index contributed by atoms with van der Waals surface area (Å²) < 4.78 is 39.8. The molecule has 6 heteroatoms. The molecule has 99 valence electrons. The van der Waals surface area contributed by atoms with Crippen molar-refractivity contribution in [2.45, 2.75) is 18.8 Å². The molecule has 0 aromatic heterocycles. The molecule has 0 saturated carbocycles. The van der Waals surface area contributed by atoms with E-state index < -0.39 is 6.36 Å². The summed E-state index contributed by atoms with van der Waals surface area (Å²) in [6.07, 6.45) is -3.65. The van der Waals surface area contributed by atoms with Gasteiger partial charge in [0.25, 0.3) is 0 Å². The highest BCUT2D eigenvalue weighted by Gasteiger charge is 2.31. The first-order valence-electron chi connectivity index (χ1n) is 5.77. The average Bonchev–Trinajstić information content (AvgIpc) is 2.56. The van der Waals surface area contributed by atoms with Crippen LogP contribution in [-0.4, -0.2) is 26.0 Å². The number of alkyl halides is 3. The SMILES string of the molecule is FC(F)(F)Oc1ccc(C2C[N]CCCN2)cc1. The van der Waals surface area contributed by atoms with Gasteiger partial charge in [-0.3, -0.25) is 0 Å². The molecule has 1 aromatic carbocycles. The Morgan fingerprint density at radius 3 is 2.61 bits per heavy atom. The zero-order valence-electron chi connectivity index (χ0n) is 9.70. The molecule has 1 aliphatic heterocycles. The van der Waals surface area contributed by atoms with E-state index in [9.17, 15) is 13.2 Å². The fourth-order valence-corrected chi connectivity index (χ4v) is 1.88. The lowest BCUT2D eigenvalue weighted by molar-refractivity contribution is -0.274. The Hall–Kier alpha value is -1.27. The van der Waals surface area contributed by atoms with Crippen LogP contribution in [0.5, 0.6) is 5.75 Å². The van der Waals surface area contributed by atoms with Gasteiger partial charge in [0.15, 0.2) is 0 Å². The van der Waals surface area contributed by atoms with Gasteiger partial charge in [0, 0.05) is 19.1 Å². The molecule has 1 fully saturated rings. The van der Waals surface area contributed by atoms with Crippen molar-refractivity contribution in [2.24, 2.45) is 0 Å². The maximum atomic E-state index is 12.0. The molecule has 1 unspecified atom stereocenters. The number of nitrogens with one attached hydrogen (secondary N) is 1. The van der Waals surface area contributed by atoms with E-state index in [0.29, 0.717) is 6.54 Å². The van der Waals surface area contributed by atoms with Crippen LogP contribution in [-0.2, 0) is 0 Å². The van der Waals surface area contributed by atoms with Crippen LogP contribution in [0.1, 0.15) is 18.0 Å². The lowest BCUT2D eigenvalue weighted by Crippen LogP contribution is -2.25. The third kappa shape index (κ3) is 3.89. The molecule has 1 heterocycles. The molecule has 0 amide bonds. The van der Waals surface area contributed by atoms with E-state index in [1.165, 1.54) is 12.1 Å². The molecule has 0 spiro atoms. The highest BCUT2D eigenvalue weighted by Crippen LogP contribution is 2.24. The molecule has 1 N–H and O–H groups in total. The normalized spacial score (nSPS) is 21.4. The third-order valence-corrected chi connectivity index (χ3v) is 2.71. The molecule has 1 aromatic rings. The number of nitrogens with zero attached hydrogens (tertiary/aromatic N) is 1. The van der Waals surface area contributed by atoms with Crippen molar-refractivity contribution in [1.82, 2.24) is 10.6 Å². The summed E-state index contributed by atoms with van der Waals surface area (Å²) in [5.74, 6) is -0.197. The van der Waals surface area contributed by atoms with Crippen molar-refractivity contribution >= 4 is 0 Å². The average molecular weight is 259 g/mol. The first-order chi connectivity index (χ1) is 8.54. The maximum absolute atomic E-state index is 12.0. The molecule has 3 nitrogen and oxygen atoms in total. The molecule has 1 atom stereocenters. The summed E-state index contributed by atoms with van der Waals surface area (Å²) in [6.45, 7) is 2.35. The van der Waals surface area contributed by atoms with Crippen molar-refractivity contribution in [3.05, 3.63) is 29.8 Å². The number of hydrogen-bond donors (Lipinski definition) is 1. The Morgan fingerprint density at radius 1 is 1.22 bits per heavy atom. The summed E-state index contributed by atoms with van der Waals surface area (Å²) in [4.78, 5) is 0. The first-order valence-corrected chi connectivity index (χ1v) is 5.77. The molecule has 0 bridgehead atoms. The Bertz CT molecular complexity index is 370. The van der Waals surface area contributed by atoms with E-state index in [-0.39, 0.29) is 11.8 Å². The molecule has 0 aliphatic carbocycles. The minimum absolute atomic E-state index is 0.0763. The quantitative estimate of drug-likeness (QED) is 0.884. The first kappa shape index (κ1) is 13.2. The Morgan fingerprint density at radius 2 is 1.94 bits per heavy atom. The summed E-state index contributed by atoms with van der Waals surface area (Å²) in [5.41, 5.74) is 0.926. The van der Waals surface area contributed by atoms with Gasteiger partial charge in [-0.2, -0.15) is 0 Å². The molecule has 1 aliphatic rings. The number of halogens is 3. The van der Waals surface area contributed by atoms with Gasteiger partial charge in [-0.15, -0.1) is 13.2 Å². The zero-order chi connectivity index (χ0) is 13.0. The second-order valence-electron chi connectivity index (χ2n) is 4.11. The van der Waals surface area contributed by atoms with Gasteiger partial charge in [-0.1, -0.05) is 12.1 Å². The van der Waals surface area contributed by atoms with Crippen LogP contribution < -0.4 is 15.4 Å². The molecule has 2 rings (SSSR count). The Kier molecular flexibility index (Phi) is 4.08. The van der Waals surface area contributed by atoms with Crippen molar-refractivity contribution in [3.8, 4) is 5.75 Å². The largest absolute Gasteiger partial charge is 0.573 e. The predicted molar refractivity (Wildman–Crippen MR) is 60.4 cm³/mol. The summed E-state index contributed by atoms with van der Waals surface area (Å²) in [6, 6.07) is 6.01. The van der Waals surface area contributed by atoms with Crippen molar-refractivity contribution in [1.29, 1.82) is 0 Å². The van der Waals surface area contributed by atoms with Gasteiger partial charge in [-0.25, -0.2) is 5.32 Å². The van der Waals surface area contributed by atoms with Crippen molar-refractivity contribution < 1.29 is 17.9 Å². The third-order valence-electron chi connectivity index (χ3n) is 2.71. The molecule has 18 heavy (non-hydrogen) atoms. The van der Waals surface area contributed by atoms with E-state index in [0.717, 1.165) is 25.1 Å². The van der Waals surface area contributed by atoms with Crippen LogP contribution in [0.3, 0.4) is 0 Å². The lowest BCUT2D eigenvalue weighted by atomic mass is 10.1. The second-order valence-corrected chi connectivity index (χ2v) is 4.11. The van der Waals surface area contributed by atoms with E-state index >= 15 is 0 Å². The monoisotopic (exact) mass is 259 g/mol. The predicted octanol–water partition coefficient (Wildman–Crippen LogP) is 2.22. The van der Waals surface area contributed by atoms with E-state index in [1.54, 1.807) is 12.1 Å². The smallest absolute Gasteiger partial charge is 0.406 e. The minimum Gasteiger partial charge on any atom is -0.406 e. The Labute approximate surface area is 103 Å². The molecule has 1 radical (unpaired) electrons. The number of ether oxygens (including phenoxy) is 1. The van der Waals surface area contributed by atoms with Crippen LogP contribution in [0.25, 0.3) is 0 Å². The summed E-state index contributed by atoms with van der Waals surface area (Å²) in [5, 5.41) is 7.65. The van der Waals surface area contributed by atoms with Crippen LogP contribution >= 0.6 is 0 Å². The van der Waals surface area contributed by atoms with Gasteiger partial charge < -0.3 is 10.1 Å². The van der Waals surface area contributed by atoms with Crippen LogP contribution in [0, 0.1) is 0 Å². The van der Waals surface area contributed by atoms with Gasteiger partial charge in [0.1, 0.15) is 5.75 Å². The van der Waals surface area contributed by atoms with Gasteiger partial charge in [0.05, 0.1) is 0 Å². The Balaban J connectivity index is 2.02. The lowest BCUT2D eigenvalue weighted by Gasteiger charge is -2.16.